The van der Waals surface area contributed by atoms with Crippen LogP contribution in [0.15, 0.2) is 4.99 Å². The van der Waals surface area contributed by atoms with E-state index in [0.717, 1.165) is 30.9 Å². The average Bonchev–Trinajstić information content (AvgIpc) is 2.75. The molecule has 0 bridgehead atoms. The molecule has 1 spiro atoms. The van der Waals surface area contributed by atoms with Crippen molar-refractivity contribution in [1.82, 2.24) is 5.32 Å². The van der Waals surface area contributed by atoms with E-state index in [9.17, 15) is 4.79 Å². The topological polar surface area (TPSA) is 50.7 Å². The first kappa shape index (κ1) is 14.4. The summed E-state index contributed by atoms with van der Waals surface area (Å²) < 4.78 is 5.17. The highest BCUT2D eigenvalue weighted by Gasteiger charge is 2.49. The number of nitrogens with one attached hydrogen (secondary N) is 1. The van der Waals surface area contributed by atoms with Crippen LogP contribution in [0.4, 0.5) is 0 Å². The second-order valence-electron chi connectivity index (χ2n) is 6.23. The number of amidine groups is 1. The molecule has 1 N–H and O–H groups in total. The molecule has 1 saturated heterocycles. The third-order valence-electron chi connectivity index (χ3n) is 4.80. The molecule has 1 heterocycles. The Hall–Kier alpha value is -0.550. The molecule has 5 heteroatoms. The molecule has 2 unspecified atom stereocenters. The van der Waals surface area contributed by atoms with Gasteiger partial charge in [0.05, 0.1) is 12.1 Å². The Kier molecular flexibility index (Phi) is 4.36. The highest BCUT2D eigenvalue weighted by Crippen LogP contribution is 2.44. The molecular formula is C15H24N2O2S. The van der Waals surface area contributed by atoms with Crippen molar-refractivity contribution in [2.45, 2.75) is 74.7 Å². The fourth-order valence-electron chi connectivity index (χ4n) is 3.59. The fourth-order valence-corrected chi connectivity index (χ4v) is 4.96. The van der Waals surface area contributed by atoms with Crippen molar-refractivity contribution in [3.63, 3.8) is 0 Å². The van der Waals surface area contributed by atoms with Gasteiger partial charge in [-0.1, -0.05) is 31.0 Å². The lowest BCUT2D eigenvalue weighted by Crippen LogP contribution is -2.42. The van der Waals surface area contributed by atoms with Gasteiger partial charge >= 0.3 is 0 Å². The highest BCUT2D eigenvalue weighted by molar-refractivity contribution is 8.16. The molecule has 0 aromatic rings. The second kappa shape index (κ2) is 6.06. The first-order valence-corrected chi connectivity index (χ1v) is 8.64. The smallest absolute Gasteiger partial charge is 0.242 e. The lowest BCUT2D eigenvalue weighted by atomic mass is 9.85. The number of hydrogen-bond donors (Lipinski definition) is 1. The van der Waals surface area contributed by atoms with Crippen LogP contribution < -0.4 is 5.32 Å². The minimum atomic E-state index is -0.313. The van der Waals surface area contributed by atoms with Crippen LogP contribution in [-0.2, 0) is 9.53 Å². The maximum absolute atomic E-state index is 12.4. The summed E-state index contributed by atoms with van der Waals surface area (Å²) in [5.41, 5.74) is 0. The Morgan fingerprint density at radius 3 is 2.80 bits per heavy atom. The molecular weight excluding hydrogens is 272 g/mol. The van der Waals surface area contributed by atoms with Gasteiger partial charge in [-0.15, -0.1) is 0 Å². The predicted molar refractivity (Wildman–Crippen MR) is 82.0 cm³/mol. The summed E-state index contributed by atoms with van der Waals surface area (Å²) in [6.45, 7) is 0. The maximum atomic E-state index is 12.4. The van der Waals surface area contributed by atoms with E-state index < -0.39 is 0 Å². The van der Waals surface area contributed by atoms with Gasteiger partial charge in [-0.3, -0.25) is 9.79 Å². The van der Waals surface area contributed by atoms with E-state index in [1.54, 1.807) is 18.9 Å². The highest BCUT2D eigenvalue weighted by atomic mass is 32.2. The van der Waals surface area contributed by atoms with Gasteiger partial charge in [-0.05, 0) is 38.5 Å². The van der Waals surface area contributed by atoms with E-state index in [1.165, 1.54) is 32.1 Å². The van der Waals surface area contributed by atoms with Gasteiger partial charge in [-0.25, -0.2) is 0 Å². The number of amides is 1. The lowest BCUT2D eigenvalue weighted by molar-refractivity contribution is -0.123. The van der Waals surface area contributed by atoms with Crippen molar-refractivity contribution in [1.29, 1.82) is 0 Å². The standard InChI is InChI=1S/C15H24N2O2S/c1-19-12-8-5-9-15(10-12)13(18)17-14(20-15)16-11-6-3-2-4-7-11/h11-12H,2-10H2,1H3,(H,16,17,18). The number of carbonyl (C=O) groups is 1. The molecule has 2 aliphatic carbocycles. The van der Waals surface area contributed by atoms with Crippen molar-refractivity contribution in [2.75, 3.05) is 7.11 Å². The number of thioether (sulfide) groups is 1. The molecule has 20 heavy (non-hydrogen) atoms. The zero-order valence-electron chi connectivity index (χ0n) is 12.2. The summed E-state index contributed by atoms with van der Waals surface area (Å²) >= 11 is 1.66. The number of ether oxygens (including phenoxy) is 1. The summed E-state index contributed by atoms with van der Waals surface area (Å²) in [6.07, 6.45) is 10.4. The largest absolute Gasteiger partial charge is 0.381 e. The summed E-state index contributed by atoms with van der Waals surface area (Å²) in [5.74, 6) is 0.152. The summed E-state index contributed by atoms with van der Waals surface area (Å²) in [5, 5.41) is 3.88. The van der Waals surface area contributed by atoms with Crippen molar-refractivity contribution in [2.24, 2.45) is 4.99 Å². The zero-order valence-corrected chi connectivity index (χ0v) is 13.0. The number of methoxy groups -OCH3 is 1. The number of nitrogens with zero attached hydrogens (tertiary/aromatic N) is 1. The Morgan fingerprint density at radius 2 is 2.05 bits per heavy atom. The maximum Gasteiger partial charge on any atom is 0.242 e. The molecule has 112 valence electrons. The quantitative estimate of drug-likeness (QED) is 0.852. The van der Waals surface area contributed by atoms with E-state index in [2.05, 4.69) is 5.32 Å². The van der Waals surface area contributed by atoms with E-state index in [4.69, 9.17) is 9.73 Å². The number of hydrogen-bond acceptors (Lipinski definition) is 4. The first-order valence-electron chi connectivity index (χ1n) is 7.83. The minimum absolute atomic E-state index is 0.152. The molecule has 2 atom stereocenters. The van der Waals surface area contributed by atoms with Crippen LogP contribution in [-0.4, -0.2) is 35.1 Å². The molecule has 0 aromatic heterocycles. The molecule has 0 aromatic carbocycles. The molecule has 0 radical (unpaired) electrons. The Morgan fingerprint density at radius 1 is 1.25 bits per heavy atom. The van der Waals surface area contributed by atoms with Crippen LogP contribution in [0.3, 0.4) is 0 Å². The van der Waals surface area contributed by atoms with Gasteiger partial charge in [-0.2, -0.15) is 0 Å². The minimum Gasteiger partial charge on any atom is -0.381 e. The molecule has 3 fully saturated rings. The van der Waals surface area contributed by atoms with Crippen molar-refractivity contribution >= 4 is 22.8 Å². The molecule has 4 nitrogen and oxygen atoms in total. The van der Waals surface area contributed by atoms with Crippen LogP contribution >= 0.6 is 11.8 Å². The van der Waals surface area contributed by atoms with Crippen LogP contribution in [0, 0.1) is 0 Å². The van der Waals surface area contributed by atoms with E-state index in [1.807, 2.05) is 0 Å². The third kappa shape index (κ3) is 2.89. The molecule has 1 amide bonds. The Labute approximate surface area is 125 Å². The summed E-state index contributed by atoms with van der Waals surface area (Å²) in [7, 11) is 1.75. The van der Waals surface area contributed by atoms with E-state index in [-0.39, 0.29) is 16.8 Å². The fraction of sp³-hybridized carbons (Fsp3) is 0.867. The SMILES string of the molecule is COC1CCCC2(C1)SC(=NC1CCCCC1)NC2=O. The monoisotopic (exact) mass is 296 g/mol. The van der Waals surface area contributed by atoms with Gasteiger partial charge in [0.1, 0.15) is 4.75 Å². The van der Waals surface area contributed by atoms with E-state index in [0.29, 0.717) is 6.04 Å². The van der Waals surface area contributed by atoms with Gasteiger partial charge in [0.15, 0.2) is 5.17 Å². The average molecular weight is 296 g/mol. The summed E-state index contributed by atoms with van der Waals surface area (Å²) in [6, 6.07) is 0.420. The molecule has 3 aliphatic rings. The summed E-state index contributed by atoms with van der Waals surface area (Å²) in [4.78, 5) is 17.2. The van der Waals surface area contributed by atoms with Crippen molar-refractivity contribution < 1.29 is 9.53 Å². The van der Waals surface area contributed by atoms with Crippen LogP contribution in [0.5, 0.6) is 0 Å². The Balaban J connectivity index is 1.69. The third-order valence-corrected chi connectivity index (χ3v) is 6.15. The van der Waals surface area contributed by atoms with Gasteiger partial charge in [0.2, 0.25) is 5.91 Å². The molecule has 2 saturated carbocycles. The Bertz CT molecular complexity index is 407. The predicted octanol–water partition coefficient (Wildman–Crippen LogP) is 2.87. The van der Waals surface area contributed by atoms with Crippen LogP contribution in [0.25, 0.3) is 0 Å². The van der Waals surface area contributed by atoms with Crippen molar-refractivity contribution in [3.05, 3.63) is 0 Å². The van der Waals surface area contributed by atoms with Gasteiger partial charge in [0.25, 0.3) is 0 Å². The lowest BCUT2D eigenvalue weighted by Gasteiger charge is -2.33. The first-order chi connectivity index (χ1) is 9.72. The van der Waals surface area contributed by atoms with Crippen molar-refractivity contribution in [3.8, 4) is 0 Å². The molecule has 1 aliphatic heterocycles. The van der Waals surface area contributed by atoms with Gasteiger partial charge in [0, 0.05) is 7.11 Å². The van der Waals surface area contributed by atoms with Crippen LogP contribution in [0.1, 0.15) is 57.8 Å². The number of carbonyl (C=O) groups excluding carboxylic acids is 1. The zero-order chi connectivity index (χ0) is 14.0. The second-order valence-corrected chi connectivity index (χ2v) is 7.60. The van der Waals surface area contributed by atoms with Gasteiger partial charge < -0.3 is 10.1 Å². The number of rotatable bonds is 2. The number of aliphatic imine (C=N–C) groups is 1. The van der Waals surface area contributed by atoms with Crippen LogP contribution in [0.2, 0.25) is 0 Å². The van der Waals surface area contributed by atoms with E-state index >= 15 is 0 Å². The normalized spacial score (nSPS) is 37.5. The molecule has 3 rings (SSSR count).